The van der Waals surface area contributed by atoms with E-state index in [0.717, 1.165) is 11.0 Å². The number of carbonyl (C=O) groups is 1. The highest BCUT2D eigenvalue weighted by Gasteiger charge is 2.22. The van der Waals surface area contributed by atoms with Gasteiger partial charge in [0, 0.05) is 26.2 Å². The zero-order valence-electron chi connectivity index (χ0n) is 12.4. The Hall–Kier alpha value is -1.95. The first-order chi connectivity index (χ1) is 9.34. The summed E-state index contributed by atoms with van der Waals surface area (Å²) in [6, 6.07) is 5.45. The van der Waals surface area contributed by atoms with Crippen LogP contribution >= 0.6 is 0 Å². The van der Waals surface area contributed by atoms with Gasteiger partial charge < -0.3 is 10.6 Å². The lowest BCUT2D eigenvalue weighted by molar-refractivity contribution is 0.0740. The van der Waals surface area contributed by atoms with E-state index >= 15 is 0 Å². The number of amides is 1. The van der Waals surface area contributed by atoms with E-state index in [4.69, 9.17) is 5.73 Å². The summed E-state index contributed by atoms with van der Waals surface area (Å²) in [7, 11) is 3.62. The Labute approximate surface area is 118 Å². The summed E-state index contributed by atoms with van der Waals surface area (Å²) in [5, 5.41) is 7.97. The third-order valence-electron chi connectivity index (χ3n) is 3.42. The van der Waals surface area contributed by atoms with Crippen LogP contribution in [0.15, 0.2) is 18.2 Å². The van der Waals surface area contributed by atoms with E-state index in [2.05, 4.69) is 10.3 Å². The van der Waals surface area contributed by atoms with Gasteiger partial charge in [-0.05, 0) is 30.2 Å². The fraction of sp³-hybridized carbons (Fsp3) is 0.500. The Balaban J connectivity index is 2.22. The third kappa shape index (κ3) is 2.80. The number of benzene rings is 1. The van der Waals surface area contributed by atoms with E-state index in [1.54, 1.807) is 28.8 Å². The summed E-state index contributed by atoms with van der Waals surface area (Å²) in [6.45, 7) is 5.24. The third-order valence-corrected chi connectivity index (χ3v) is 3.42. The number of hydrogen-bond donors (Lipinski definition) is 1. The summed E-state index contributed by atoms with van der Waals surface area (Å²) < 4.78 is 1.69. The predicted octanol–water partition coefficient (Wildman–Crippen LogP) is 1.03. The summed E-state index contributed by atoms with van der Waals surface area (Å²) in [6.07, 6.45) is 0. The van der Waals surface area contributed by atoms with E-state index < -0.39 is 0 Å². The van der Waals surface area contributed by atoms with Crippen molar-refractivity contribution in [3.63, 3.8) is 0 Å². The van der Waals surface area contributed by atoms with Gasteiger partial charge in [0.15, 0.2) is 0 Å². The van der Waals surface area contributed by atoms with Crippen molar-refractivity contribution >= 4 is 16.9 Å². The minimum absolute atomic E-state index is 0.0286. The number of rotatable bonds is 4. The van der Waals surface area contributed by atoms with Crippen LogP contribution in [0.5, 0.6) is 0 Å². The fourth-order valence-corrected chi connectivity index (χ4v) is 2.17. The predicted molar refractivity (Wildman–Crippen MR) is 78.3 cm³/mol. The summed E-state index contributed by atoms with van der Waals surface area (Å²) in [5.74, 6) is -0.0286. The Bertz CT molecular complexity index is 632. The fourth-order valence-electron chi connectivity index (χ4n) is 2.17. The molecule has 6 nitrogen and oxygen atoms in total. The highest BCUT2D eigenvalue weighted by atomic mass is 16.2. The molecule has 108 valence electrons. The highest BCUT2D eigenvalue weighted by Crippen LogP contribution is 2.17. The number of aryl methyl sites for hydroxylation is 1. The largest absolute Gasteiger partial charge is 0.341 e. The molecule has 1 amide bonds. The standard InChI is InChI=1S/C14H21N5O/c1-14(2,8-15)9-18(3)13(20)10-5-6-12-11(7-10)16-17-19(12)4/h5-7H,8-9,15H2,1-4H3. The molecule has 0 spiro atoms. The van der Waals surface area contributed by atoms with Crippen molar-refractivity contribution in [3.05, 3.63) is 23.8 Å². The van der Waals surface area contributed by atoms with Gasteiger partial charge in [-0.25, -0.2) is 4.68 Å². The average Bonchev–Trinajstić information content (AvgIpc) is 2.78. The molecule has 0 unspecified atom stereocenters. The van der Waals surface area contributed by atoms with Crippen LogP contribution in [0, 0.1) is 5.41 Å². The first kappa shape index (κ1) is 14.5. The molecule has 1 heterocycles. The molecule has 0 aliphatic carbocycles. The van der Waals surface area contributed by atoms with Crippen LogP contribution in [0.4, 0.5) is 0 Å². The molecule has 0 fully saturated rings. The lowest BCUT2D eigenvalue weighted by Crippen LogP contribution is -2.39. The summed E-state index contributed by atoms with van der Waals surface area (Å²) in [4.78, 5) is 14.1. The Kier molecular flexibility index (Phi) is 3.76. The van der Waals surface area contributed by atoms with E-state index in [-0.39, 0.29) is 11.3 Å². The van der Waals surface area contributed by atoms with Crippen molar-refractivity contribution < 1.29 is 4.79 Å². The normalized spacial score (nSPS) is 11.8. The maximum atomic E-state index is 12.4. The molecule has 1 aromatic heterocycles. The molecular weight excluding hydrogens is 254 g/mol. The Morgan fingerprint density at radius 3 is 2.80 bits per heavy atom. The van der Waals surface area contributed by atoms with Crippen LogP contribution < -0.4 is 5.73 Å². The van der Waals surface area contributed by atoms with E-state index in [0.29, 0.717) is 18.7 Å². The van der Waals surface area contributed by atoms with E-state index in [1.165, 1.54) is 0 Å². The maximum absolute atomic E-state index is 12.4. The first-order valence-corrected chi connectivity index (χ1v) is 6.59. The van der Waals surface area contributed by atoms with Crippen molar-refractivity contribution in [2.75, 3.05) is 20.1 Å². The van der Waals surface area contributed by atoms with Crippen LogP contribution in [0.2, 0.25) is 0 Å². The van der Waals surface area contributed by atoms with Crippen LogP contribution in [0.25, 0.3) is 11.0 Å². The smallest absolute Gasteiger partial charge is 0.253 e. The minimum Gasteiger partial charge on any atom is -0.341 e. The van der Waals surface area contributed by atoms with Crippen molar-refractivity contribution in [2.45, 2.75) is 13.8 Å². The molecule has 2 N–H and O–H groups in total. The quantitative estimate of drug-likeness (QED) is 0.904. The molecule has 2 aromatic rings. The van der Waals surface area contributed by atoms with E-state index in [9.17, 15) is 4.79 Å². The van der Waals surface area contributed by atoms with Gasteiger partial charge in [-0.1, -0.05) is 19.1 Å². The molecule has 0 radical (unpaired) electrons. The van der Waals surface area contributed by atoms with Crippen molar-refractivity contribution in [1.29, 1.82) is 0 Å². The molecule has 0 aliphatic rings. The SMILES string of the molecule is CN(CC(C)(C)CN)C(=O)c1ccc2c(c1)nnn2C. The number of carbonyl (C=O) groups excluding carboxylic acids is 1. The molecule has 20 heavy (non-hydrogen) atoms. The monoisotopic (exact) mass is 275 g/mol. The van der Waals surface area contributed by atoms with E-state index in [1.807, 2.05) is 27.0 Å². The highest BCUT2D eigenvalue weighted by molar-refractivity contribution is 5.97. The van der Waals surface area contributed by atoms with Gasteiger partial charge in [0.05, 0.1) is 5.52 Å². The first-order valence-electron chi connectivity index (χ1n) is 6.59. The van der Waals surface area contributed by atoms with Gasteiger partial charge in [0.2, 0.25) is 0 Å². The van der Waals surface area contributed by atoms with Gasteiger partial charge in [-0.2, -0.15) is 0 Å². The van der Waals surface area contributed by atoms with Crippen LogP contribution in [0.3, 0.4) is 0 Å². The topological polar surface area (TPSA) is 77.0 Å². The lowest BCUT2D eigenvalue weighted by Gasteiger charge is -2.29. The molecule has 0 saturated carbocycles. The molecule has 1 aromatic carbocycles. The number of nitrogens with zero attached hydrogens (tertiary/aromatic N) is 4. The average molecular weight is 275 g/mol. The molecule has 0 atom stereocenters. The van der Waals surface area contributed by atoms with Gasteiger partial charge in [-0.3, -0.25) is 4.79 Å². The molecule has 0 saturated heterocycles. The minimum atomic E-state index is -0.0962. The number of nitrogens with two attached hydrogens (primary N) is 1. The molecule has 0 aliphatic heterocycles. The van der Waals surface area contributed by atoms with Crippen LogP contribution in [0.1, 0.15) is 24.2 Å². The van der Waals surface area contributed by atoms with Gasteiger partial charge in [-0.15, -0.1) is 5.10 Å². The van der Waals surface area contributed by atoms with Crippen LogP contribution in [-0.2, 0) is 7.05 Å². The second kappa shape index (κ2) is 5.20. The zero-order chi connectivity index (χ0) is 14.9. The lowest BCUT2D eigenvalue weighted by atomic mass is 9.93. The van der Waals surface area contributed by atoms with Gasteiger partial charge >= 0.3 is 0 Å². The molecule has 0 bridgehead atoms. The van der Waals surface area contributed by atoms with Crippen molar-refractivity contribution in [3.8, 4) is 0 Å². The van der Waals surface area contributed by atoms with Crippen LogP contribution in [-0.4, -0.2) is 45.9 Å². The number of aromatic nitrogens is 3. The number of hydrogen-bond acceptors (Lipinski definition) is 4. The second-order valence-corrected chi connectivity index (χ2v) is 5.95. The van der Waals surface area contributed by atoms with Gasteiger partial charge in [0.25, 0.3) is 5.91 Å². The Morgan fingerprint density at radius 2 is 2.15 bits per heavy atom. The van der Waals surface area contributed by atoms with Crippen molar-refractivity contribution in [1.82, 2.24) is 19.9 Å². The summed E-state index contributed by atoms with van der Waals surface area (Å²) >= 11 is 0. The molecule has 2 rings (SSSR count). The summed E-state index contributed by atoms with van der Waals surface area (Å²) in [5.41, 5.74) is 7.87. The second-order valence-electron chi connectivity index (χ2n) is 5.95. The van der Waals surface area contributed by atoms with Gasteiger partial charge in [0.1, 0.15) is 5.52 Å². The molecular formula is C14H21N5O. The zero-order valence-corrected chi connectivity index (χ0v) is 12.4. The number of fused-ring (bicyclic) bond motifs is 1. The maximum Gasteiger partial charge on any atom is 0.253 e. The Morgan fingerprint density at radius 1 is 1.45 bits per heavy atom. The van der Waals surface area contributed by atoms with Crippen molar-refractivity contribution in [2.24, 2.45) is 18.2 Å². The molecule has 6 heteroatoms.